The first kappa shape index (κ1) is 20.5. The van der Waals surface area contributed by atoms with Crippen LogP contribution in [0.2, 0.25) is 0 Å². The number of nitrogens with one attached hydrogen (secondary N) is 1. The van der Waals surface area contributed by atoms with Crippen molar-refractivity contribution < 1.29 is 0 Å². The molecule has 31 heavy (non-hydrogen) atoms. The van der Waals surface area contributed by atoms with Gasteiger partial charge in [-0.25, -0.2) is 14.2 Å². The van der Waals surface area contributed by atoms with E-state index in [2.05, 4.69) is 64.5 Å². The zero-order valence-corrected chi connectivity index (χ0v) is 18.1. The van der Waals surface area contributed by atoms with E-state index in [1.54, 1.807) is 27.7 Å². The molecule has 158 valence electrons. The molecule has 4 heterocycles. The quantitative estimate of drug-likeness (QED) is 0.490. The van der Waals surface area contributed by atoms with Crippen LogP contribution in [0.3, 0.4) is 0 Å². The van der Waals surface area contributed by atoms with Crippen molar-refractivity contribution in [2.24, 2.45) is 5.92 Å². The lowest BCUT2D eigenvalue weighted by atomic mass is 10.1. The second-order valence-corrected chi connectivity index (χ2v) is 8.24. The summed E-state index contributed by atoms with van der Waals surface area (Å²) in [5, 5.41) is 25.5. The Morgan fingerprint density at radius 1 is 1.10 bits per heavy atom. The number of hydrogen-bond donors (Lipinski definition) is 1. The van der Waals surface area contributed by atoms with Crippen molar-refractivity contribution in [1.82, 2.24) is 34.6 Å². The number of anilines is 1. The summed E-state index contributed by atoms with van der Waals surface area (Å²) < 4.78 is 3.45. The van der Waals surface area contributed by atoms with Crippen LogP contribution in [-0.4, -0.2) is 40.6 Å². The molecule has 0 aliphatic carbocycles. The van der Waals surface area contributed by atoms with Crippen LogP contribution in [0.25, 0.3) is 22.7 Å². The number of nitrogens with zero attached hydrogens (tertiary/aromatic N) is 8. The Balaban J connectivity index is 1.72. The van der Waals surface area contributed by atoms with Gasteiger partial charge in [0.2, 0.25) is 0 Å². The number of aromatic nitrogens is 7. The molecular weight excluding hydrogens is 390 g/mol. The van der Waals surface area contributed by atoms with Crippen molar-refractivity contribution in [1.29, 1.82) is 5.26 Å². The van der Waals surface area contributed by atoms with Crippen LogP contribution in [0.1, 0.15) is 45.4 Å². The third kappa shape index (κ3) is 4.38. The Hall–Kier alpha value is -3.80. The Kier molecular flexibility index (Phi) is 5.62. The fourth-order valence-electron chi connectivity index (χ4n) is 3.28. The number of aryl methyl sites for hydroxylation is 1. The molecule has 4 rings (SSSR count). The van der Waals surface area contributed by atoms with Gasteiger partial charge in [0.15, 0.2) is 5.65 Å². The summed E-state index contributed by atoms with van der Waals surface area (Å²) in [7, 11) is 0. The maximum Gasteiger partial charge on any atom is 0.155 e. The molecule has 0 radical (unpaired) electrons. The summed E-state index contributed by atoms with van der Waals surface area (Å²) in [6.07, 6.45) is 8.95. The van der Waals surface area contributed by atoms with Gasteiger partial charge in [0.1, 0.15) is 17.5 Å². The Morgan fingerprint density at radius 3 is 2.68 bits per heavy atom. The molecule has 9 nitrogen and oxygen atoms in total. The van der Waals surface area contributed by atoms with Crippen LogP contribution in [0.5, 0.6) is 0 Å². The van der Waals surface area contributed by atoms with E-state index in [9.17, 15) is 0 Å². The van der Waals surface area contributed by atoms with Crippen molar-refractivity contribution in [2.45, 2.75) is 46.6 Å². The molecule has 1 N–H and O–H groups in total. The van der Waals surface area contributed by atoms with Crippen molar-refractivity contribution in [3.05, 3.63) is 48.2 Å². The number of nitriles is 1. The minimum absolute atomic E-state index is 0.219. The first-order chi connectivity index (χ1) is 14.9. The normalized spacial score (nSPS) is 11.4. The lowest BCUT2D eigenvalue weighted by Gasteiger charge is -2.15. The van der Waals surface area contributed by atoms with E-state index in [0.717, 1.165) is 41.3 Å². The van der Waals surface area contributed by atoms with E-state index < -0.39 is 0 Å². The summed E-state index contributed by atoms with van der Waals surface area (Å²) in [5.74, 6) is 0.618. The van der Waals surface area contributed by atoms with Crippen molar-refractivity contribution in [3.63, 3.8) is 0 Å². The second kappa shape index (κ2) is 8.52. The number of fused-ring (bicyclic) bond motifs is 1. The van der Waals surface area contributed by atoms with Crippen molar-refractivity contribution in [2.75, 3.05) is 5.32 Å². The smallest absolute Gasteiger partial charge is 0.155 e. The highest BCUT2D eigenvalue weighted by molar-refractivity contribution is 5.70. The predicted octanol–water partition coefficient (Wildman–Crippen LogP) is 3.65. The zero-order valence-electron chi connectivity index (χ0n) is 18.1. The number of pyridine rings is 1. The third-order valence-electron chi connectivity index (χ3n) is 4.85. The second-order valence-electron chi connectivity index (χ2n) is 8.24. The molecule has 0 aliphatic rings. The topological polar surface area (TPSA) is 110 Å². The molecule has 0 atom stereocenters. The van der Waals surface area contributed by atoms with E-state index in [-0.39, 0.29) is 6.04 Å². The fraction of sp³-hybridized carbons (Fsp3) is 0.364. The van der Waals surface area contributed by atoms with Gasteiger partial charge in [-0.2, -0.15) is 10.4 Å². The third-order valence-corrected chi connectivity index (χ3v) is 4.85. The van der Waals surface area contributed by atoms with Crippen LogP contribution in [0.4, 0.5) is 5.69 Å². The molecule has 0 unspecified atom stereocenters. The summed E-state index contributed by atoms with van der Waals surface area (Å²) in [4.78, 5) is 9.02. The van der Waals surface area contributed by atoms with E-state index in [0.29, 0.717) is 17.1 Å². The van der Waals surface area contributed by atoms with Gasteiger partial charge in [0.05, 0.1) is 47.4 Å². The van der Waals surface area contributed by atoms with Gasteiger partial charge in [-0.3, -0.25) is 4.98 Å². The van der Waals surface area contributed by atoms with E-state index in [4.69, 9.17) is 5.26 Å². The fourth-order valence-corrected chi connectivity index (χ4v) is 3.28. The van der Waals surface area contributed by atoms with Crippen LogP contribution in [-0.2, 0) is 6.42 Å². The van der Waals surface area contributed by atoms with Crippen molar-refractivity contribution >= 4 is 11.3 Å². The highest BCUT2D eigenvalue weighted by atomic mass is 15.4. The first-order valence-electron chi connectivity index (χ1n) is 10.4. The Labute approximate surface area is 180 Å². The maximum atomic E-state index is 9.08. The van der Waals surface area contributed by atoms with Gasteiger partial charge >= 0.3 is 0 Å². The van der Waals surface area contributed by atoms with Gasteiger partial charge in [-0.05, 0) is 38.7 Å². The average Bonchev–Trinajstić information content (AvgIpc) is 3.38. The van der Waals surface area contributed by atoms with Gasteiger partial charge in [0.25, 0.3) is 0 Å². The molecule has 4 aromatic rings. The predicted molar refractivity (Wildman–Crippen MR) is 118 cm³/mol. The number of imidazole rings is 1. The molecule has 0 aromatic carbocycles. The molecule has 9 heteroatoms. The van der Waals surface area contributed by atoms with Crippen molar-refractivity contribution in [3.8, 4) is 23.1 Å². The largest absolute Gasteiger partial charge is 0.381 e. The molecular formula is C22H25N9. The molecule has 0 spiro atoms. The standard InChI is InChI=1S/C22H25N9/c1-14(2)5-6-17-13-30(29-28-17)20-11-24-18(8-19(20)27-15(3)4)21-12-25-22-7-16(9-23)10-26-31(21)22/h7-8,10-15H,5-6H2,1-4H3,(H,24,27). The van der Waals surface area contributed by atoms with Crippen LogP contribution < -0.4 is 5.32 Å². The Morgan fingerprint density at radius 2 is 1.94 bits per heavy atom. The van der Waals surface area contributed by atoms with Crippen LogP contribution >= 0.6 is 0 Å². The first-order valence-corrected chi connectivity index (χ1v) is 10.4. The minimum Gasteiger partial charge on any atom is -0.381 e. The van der Waals surface area contributed by atoms with Crippen LogP contribution in [0, 0.1) is 17.2 Å². The lowest BCUT2D eigenvalue weighted by molar-refractivity contribution is 0.581. The molecule has 4 aromatic heterocycles. The van der Waals surface area contributed by atoms with Gasteiger partial charge in [-0.15, -0.1) is 5.10 Å². The van der Waals surface area contributed by atoms with E-state index in [1.165, 1.54) is 6.20 Å². The summed E-state index contributed by atoms with van der Waals surface area (Å²) >= 11 is 0. The highest BCUT2D eigenvalue weighted by Crippen LogP contribution is 2.27. The molecule has 0 saturated heterocycles. The monoisotopic (exact) mass is 415 g/mol. The lowest BCUT2D eigenvalue weighted by Crippen LogP contribution is -2.13. The summed E-state index contributed by atoms with van der Waals surface area (Å²) in [5.41, 5.74) is 5.22. The highest BCUT2D eigenvalue weighted by Gasteiger charge is 2.15. The molecule has 0 saturated carbocycles. The summed E-state index contributed by atoms with van der Waals surface area (Å²) in [6, 6.07) is 5.97. The SMILES string of the molecule is CC(C)CCc1cn(-c2cnc(-c3cnc4cc(C#N)cnn34)cc2NC(C)C)nn1. The van der Waals surface area contributed by atoms with Gasteiger partial charge < -0.3 is 5.32 Å². The zero-order chi connectivity index (χ0) is 22.0. The van der Waals surface area contributed by atoms with E-state index >= 15 is 0 Å². The van der Waals surface area contributed by atoms with Crippen LogP contribution in [0.15, 0.2) is 36.9 Å². The van der Waals surface area contributed by atoms with E-state index in [1.807, 2.05) is 12.3 Å². The van der Waals surface area contributed by atoms with Gasteiger partial charge in [0, 0.05) is 12.1 Å². The minimum atomic E-state index is 0.219. The molecule has 0 amide bonds. The molecule has 0 bridgehead atoms. The average molecular weight is 416 g/mol. The maximum absolute atomic E-state index is 9.08. The van der Waals surface area contributed by atoms with Gasteiger partial charge in [-0.1, -0.05) is 19.1 Å². The number of rotatable bonds is 7. The molecule has 0 aliphatic heterocycles. The molecule has 0 fully saturated rings. The number of hydrogen-bond acceptors (Lipinski definition) is 7. The summed E-state index contributed by atoms with van der Waals surface area (Å²) in [6.45, 7) is 8.57. The Bertz CT molecular complexity index is 1240.